The van der Waals surface area contributed by atoms with Crippen LogP contribution in [0.2, 0.25) is 0 Å². The van der Waals surface area contributed by atoms with Crippen LogP contribution in [0.3, 0.4) is 0 Å². The summed E-state index contributed by atoms with van der Waals surface area (Å²) in [7, 11) is 1.36. The van der Waals surface area contributed by atoms with Crippen molar-refractivity contribution in [1.82, 2.24) is 9.55 Å². The van der Waals surface area contributed by atoms with E-state index in [-0.39, 0.29) is 17.3 Å². The van der Waals surface area contributed by atoms with Crippen molar-refractivity contribution in [2.24, 2.45) is 5.41 Å². The number of carbonyl (C=O) groups is 1. The number of nitrogens with zero attached hydrogens (tertiary/aromatic N) is 2. The van der Waals surface area contributed by atoms with Crippen molar-refractivity contribution in [3.05, 3.63) is 47.4 Å². The lowest BCUT2D eigenvalue weighted by Crippen LogP contribution is -2.34. The number of ether oxygens (including phenoxy) is 1. The molecule has 2 N–H and O–H groups in total. The van der Waals surface area contributed by atoms with Crippen molar-refractivity contribution in [1.29, 1.82) is 0 Å². The zero-order chi connectivity index (χ0) is 15.9. The Morgan fingerprint density at radius 2 is 2.14 bits per heavy atom. The van der Waals surface area contributed by atoms with E-state index in [1.165, 1.54) is 18.2 Å². The van der Waals surface area contributed by atoms with Gasteiger partial charge in [0.1, 0.15) is 0 Å². The number of nitrogen functional groups attached to an aromatic ring is 1. The number of methoxy groups -OCH3 is 1. The zero-order valence-electron chi connectivity index (χ0n) is 13.2. The predicted molar refractivity (Wildman–Crippen MR) is 84.7 cm³/mol. The molecule has 22 heavy (non-hydrogen) atoms. The third-order valence-corrected chi connectivity index (χ3v) is 4.61. The summed E-state index contributed by atoms with van der Waals surface area (Å²) in [6, 6.07) is 8.37. The highest BCUT2D eigenvalue weighted by Crippen LogP contribution is 2.46. The molecule has 1 aliphatic rings. The minimum Gasteiger partial charge on any atom is -0.464 e. The van der Waals surface area contributed by atoms with Gasteiger partial charge in [0.05, 0.1) is 19.5 Å². The first-order valence-electron chi connectivity index (χ1n) is 7.44. The Bertz CT molecular complexity index is 718. The van der Waals surface area contributed by atoms with E-state index in [0.29, 0.717) is 5.69 Å². The molecule has 5 heteroatoms. The zero-order valence-corrected chi connectivity index (χ0v) is 13.2. The summed E-state index contributed by atoms with van der Waals surface area (Å²) in [6.07, 6.45) is 3.72. The molecule has 1 aromatic heterocycles. The second kappa shape index (κ2) is 5.16. The summed E-state index contributed by atoms with van der Waals surface area (Å²) in [5.74, 6) is -0.237. The molecule has 1 aromatic carbocycles. The average Bonchev–Trinajstić information content (AvgIpc) is 2.87. The second-order valence-corrected chi connectivity index (χ2v) is 6.47. The standard InChI is InChI=1S/C17H21N3O2/c1-17(2)9-8-11-6-4-5-7-12(11)14(17)20-10-19-15(18)13(20)16(21)22-3/h4-7,10,14H,8-9,18H2,1-3H3. The Labute approximate surface area is 130 Å². The van der Waals surface area contributed by atoms with Gasteiger partial charge in [0.2, 0.25) is 0 Å². The number of hydrogen-bond donors (Lipinski definition) is 1. The van der Waals surface area contributed by atoms with Crippen molar-refractivity contribution >= 4 is 11.8 Å². The van der Waals surface area contributed by atoms with E-state index in [9.17, 15) is 4.79 Å². The molecular formula is C17H21N3O2. The number of fused-ring (bicyclic) bond motifs is 1. The van der Waals surface area contributed by atoms with Gasteiger partial charge in [-0.3, -0.25) is 0 Å². The molecule has 1 atom stereocenters. The highest BCUT2D eigenvalue weighted by atomic mass is 16.5. The number of aromatic nitrogens is 2. The molecule has 116 valence electrons. The van der Waals surface area contributed by atoms with E-state index >= 15 is 0 Å². The average molecular weight is 299 g/mol. The molecule has 0 amide bonds. The largest absolute Gasteiger partial charge is 0.464 e. The molecule has 1 aliphatic carbocycles. The summed E-state index contributed by atoms with van der Waals surface area (Å²) in [5, 5.41) is 0. The number of anilines is 1. The van der Waals surface area contributed by atoms with Crippen molar-refractivity contribution in [3.63, 3.8) is 0 Å². The van der Waals surface area contributed by atoms with Crippen LogP contribution < -0.4 is 5.73 Å². The van der Waals surface area contributed by atoms with Crippen molar-refractivity contribution < 1.29 is 9.53 Å². The Hall–Kier alpha value is -2.30. The lowest BCUT2D eigenvalue weighted by atomic mass is 9.70. The number of benzene rings is 1. The first-order valence-corrected chi connectivity index (χ1v) is 7.44. The van der Waals surface area contributed by atoms with E-state index in [4.69, 9.17) is 10.5 Å². The highest BCUT2D eigenvalue weighted by Gasteiger charge is 2.39. The molecule has 0 saturated carbocycles. The molecule has 0 saturated heterocycles. The van der Waals surface area contributed by atoms with Gasteiger partial charge in [-0.05, 0) is 29.4 Å². The molecule has 0 aliphatic heterocycles. The number of hydrogen-bond acceptors (Lipinski definition) is 4. The second-order valence-electron chi connectivity index (χ2n) is 6.47. The fourth-order valence-corrected chi connectivity index (χ4v) is 3.45. The number of carbonyl (C=O) groups excluding carboxylic acids is 1. The predicted octanol–water partition coefficient (Wildman–Crippen LogP) is 2.81. The van der Waals surface area contributed by atoms with Gasteiger partial charge in [-0.1, -0.05) is 38.1 Å². The summed E-state index contributed by atoms with van der Waals surface area (Å²) >= 11 is 0. The van der Waals surface area contributed by atoms with Crippen LogP contribution in [0, 0.1) is 5.41 Å². The summed E-state index contributed by atoms with van der Waals surface area (Å²) in [5.41, 5.74) is 8.76. The van der Waals surface area contributed by atoms with Gasteiger partial charge < -0.3 is 15.0 Å². The van der Waals surface area contributed by atoms with Crippen LogP contribution in [0.25, 0.3) is 0 Å². The van der Waals surface area contributed by atoms with Crippen LogP contribution in [-0.2, 0) is 11.2 Å². The van der Waals surface area contributed by atoms with E-state index in [2.05, 4.69) is 37.0 Å². The van der Waals surface area contributed by atoms with Gasteiger partial charge in [0, 0.05) is 0 Å². The van der Waals surface area contributed by atoms with Crippen molar-refractivity contribution in [3.8, 4) is 0 Å². The minimum absolute atomic E-state index is 0.00966. The Kier molecular flexibility index (Phi) is 3.43. The fraction of sp³-hybridized carbons (Fsp3) is 0.412. The van der Waals surface area contributed by atoms with Crippen LogP contribution in [0.1, 0.15) is 47.9 Å². The van der Waals surface area contributed by atoms with Gasteiger partial charge in [-0.2, -0.15) is 0 Å². The van der Waals surface area contributed by atoms with Gasteiger partial charge in [-0.15, -0.1) is 0 Å². The van der Waals surface area contributed by atoms with Crippen LogP contribution in [0.4, 0.5) is 5.82 Å². The minimum atomic E-state index is -0.450. The van der Waals surface area contributed by atoms with Gasteiger partial charge in [-0.25, -0.2) is 9.78 Å². The van der Waals surface area contributed by atoms with Gasteiger partial charge in [0.25, 0.3) is 0 Å². The molecule has 0 bridgehead atoms. The summed E-state index contributed by atoms with van der Waals surface area (Å²) in [4.78, 5) is 16.3. The number of imidazole rings is 1. The molecule has 1 unspecified atom stereocenters. The van der Waals surface area contributed by atoms with Gasteiger partial charge in [0.15, 0.2) is 11.5 Å². The van der Waals surface area contributed by atoms with Crippen LogP contribution in [-0.4, -0.2) is 22.6 Å². The highest BCUT2D eigenvalue weighted by molar-refractivity contribution is 5.92. The third-order valence-electron chi connectivity index (χ3n) is 4.61. The van der Waals surface area contributed by atoms with E-state index in [0.717, 1.165) is 12.8 Å². The maximum atomic E-state index is 12.1. The van der Waals surface area contributed by atoms with Crippen molar-refractivity contribution in [2.75, 3.05) is 12.8 Å². The maximum Gasteiger partial charge on any atom is 0.358 e. The molecular weight excluding hydrogens is 278 g/mol. The Morgan fingerprint density at radius 3 is 2.86 bits per heavy atom. The normalized spacial score (nSPS) is 19.5. The molecule has 5 nitrogen and oxygen atoms in total. The quantitative estimate of drug-likeness (QED) is 0.866. The Balaban J connectivity index is 2.20. The first kappa shape index (κ1) is 14.6. The SMILES string of the molecule is COC(=O)c1c(N)ncn1C1c2ccccc2CCC1(C)C. The summed E-state index contributed by atoms with van der Waals surface area (Å²) in [6.45, 7) is 4.43. The Morgan fingerprint density at radius 1 is 1.41 bits per heavy atom. The smallest absolute Gasteiger partial charge is 0.358 e. The van der Waals surface area contributed by atoms with Crippen LogP contribution in [0.15, 0.2) is 30.6 Å². The lowest BCUT2D eigenvalue weighted by Gasteiger charge is -2.41. The lowest BCUT2D eigenvalue weighted by molar-refractivity contribution is 0.0582. The first-order chi connectivity index (χ1) is 10.5. The maximum absolute atomic E-state index is 12.1. The monoisotopic (exact) mass is 299 g/mol. The van der Waals surface area contributed by atoms with E-state index in [1.807, 2.05) is 10.6 Å². The topological polar surface area (TPSA) is 70.1 Å². The number of esters is 1. The molecule has 0 fully saturated rings. The number of nitrogens with two attached hydrogens (primary N) is 1. The van der Waals surface area contributed by atoms with Crippen LogP contribution >= 0.6 is 0 Å². The van der Waals surface area contributed by atoms with Gasteiger partial charge >= 0.3 is 5.97 Å². The molecule has 2 aromatic rings. The molecule has 1 heterocycles. The van der Waals surface area contributed by atoms with E-state index < -0.39 is 5.97 Å². The molecule has 3 rings (SSSR count). The van der Waals surface area contributed by atoms with E-state index in [1.54, 1.807) is 6.33 Å². The molecule has 0 radical (unpaired) electrons. The summed E-state index contributed by atoms with van der Waals surface area (Å²) < 4.78 is 6.76. The number of rotatable bonds is 2. The molecule has 0 spiro atoms. The van der Waals surface area contributed by atoms with Crippen LogP contribution in [0.5, 0.6) is 0 Å². The third kappa shape index (κ3) is 2.17. The number of aryl methyl sites for hydroxylation is 1. The van der Waals surface area contributed by atoms with Crippen molar-refractivity contribution in [2.45, 2.75) is 32.7 Å². The fourth-order valence-electron chi connectivity index (χ4n) is 3.45.